The highest BCUT2D eigenvalue weighted by molar-refractivity contribution is 9.10. The topological polar surface area (TPSA) is 79.2 Å². The van der Waals surface area contributed by atoms with Gasteiger partial charge in [0.05, 0.1) is 6.54 Å². The van der Waals surface area contributed by atoms with Crippen LogP contribution in [0.5, 0.6) is 0 Å². The van der Waals surface area contributed by atoms with Gasteiger partial charge < -0.3 is 15.6 Å². The highest BCUT2D eigenvalue weighted by Crippen LogP contribution is 2.11. The average Bonchev–Trinajstić information content (AvgIpc) is 2.49. The van der Waals surface area contributed by atoms with Crippen molar-refractivity contribution >= 4 is 27.7 Å². The van der Waals surface area contributed by atoms with E-state index in [0.29, 0.717) is 5.69 Å². The van der Waals surface area contributed by atoms with Crippen LogP contribution in [-0.2, 0) is 4.79 Å². The molecule has 1 heterocycles. The first-order valence-electron chi connectivity index (χ1n) is 3.88. The Bertz CT molecular complexity index is 361. The number of primary amides is 1. The molecule has 0 bridgehead atoms. The maximum atomic E-state index is 11.6. The Hall–Kier alpha value is -1.30. The van der Waals surface area contributed by atoms with Crippen molar-refractivity contribution in [1.29, 1.82) is 0 Å². The first-order valence-corrected chi connectivity index (χ1v) is 4.67. The maximum absolute atomic E-state index is 11.6. The summed E-state index contributed by atoms with van der Waals surface area (Å²) in [6, 6.07) is 1.64. The van der Waals surface area contributed by atoms with Gasteiger partial charge in [-0.3, -0.25) is 9.59 Å². The molecule has 0 spiro atoms. The highest BCUT2D eigenvalue weighted by Gasteiger charge is 2.14. The number of amides is 2. The third kappa shape index (κ3) is 2.59. The molecule has 1 rings (SSSR count). The van der Waals surface area contributed by atoms with Crippen molar-refractivity contribution < 1.29 is 9.59 Å². The standard InChI is InChI=1S/C8H10BrN3O2/c1-12(4-7(10)13)8(14)6-2-5(9)3-11-6/h2-3,11H,4H2,1H3,(H2,10,13). The molecule has 0 radical (unpaired) electrons. The fraction of sp³-hybridized carbons (Fsp3) is 0.250. The van der Waals surface area contributed by atoms with Gasteiger partial charge in [-0.2, -0.15) is 0 Å². The maximum Gasteiger partial charge on any atom is 0.270 e. The molecule has 0 fully saturated rings. The Morgan fingerprint density at radius 3 is 2.71 bits per heavy atom. The zero-order valence-electron chi connectivity index (χ0n) is 7.58. The number of nitrogens with one attached hydrogen (secondary N) is 1. The number of likely N-dealkylation sites (N-methyl/N-ethyl adjacent to an activating group) is 1. The van der Waals surface area contributed by atoms with Crippen molar-refractivity contribution in [2.75, 3.05) is 13.6 Å². The Morgan fingerprint density at radius 2 is 2.29 bits per heavy atom. The smallest absolute Gasteiger partial charge is 0.270 e. The number of carbonyl (C=O) groups excluding carboxylic acids is 2. The fourth-order valence-electron chi connectivity index (χ4n) is 1.00. The van der Waals surface area contributed by atoms with Gasteiger partial charge in [0.15, 0.2) is 0 Å². The summed E-state index contributed by atoms with van der Waals surface area (Å²) < 4.78 is 0.785. The minimum atomic E-state index is -0.536. The molecule has 0 unspecified atom stereocenters. The number of rotatable bonds is 3. The van der Waals surface area contributed by atoms with Gasteiger partial charge in [0.2, 0.25) is 5.91 Å². The van der Waals surface area contributed by atoms with Crippen LogP contribution in [-0.4, -0.2) is 35.3 Å². The van der Waals surface area contributed by atoms with E-state index >= 15 is 0 Å². The predicted octanol–water partition coefficient (Wildman–Crippen LogP) is 0.335. The summed E-state index contributed by atoms with van der Waals surface area (Å²) in [5.74, 6) is -0.805. The van der Waals surface area contributed by atoms with Gasteiger partial charge in [0.1, 0.15) is 5.69 Å². The molecule has 2 amide bonds. The summed E-state index contributed by atoms with van der Waals surface area (Å²) in [7, 11) is 1.52. The summed E-state index contributed by atoms with van der Waals surface area (Å²) in [5, 5.41) is 0. The molecular weight excluding hydrogens is 250 g/mol. The molecular formula is C8H10BrN3O2. The lowest BCUT2D eigenvalue weighted by molar-refractivity contribution is -0.118. The molecule has 1 aromatic rings. The van der Waals surface area contributed by atoms with Crippen molar-refractivity contribution in [3.63, 3.8) is 0 Å². The summed E-state index contributed by atoms with van der Waals surface area (Å²) in [6.45, 7) is -0.0878. The Balaban J connectivity index is 2.70. The SMILES string of the molecule is CN(CC(N)=O)C(=O)c1cc(Br)c[nH]1. The number of aromatic amines is 1. The molecule has 0 saturated heterocycles. The molecule has 0 aliphatic carbocycles. The van der Waals surface area contributed by atoms with Crippen LogP contribution < -0.4 is 5.73 Å². The minimum Gasteiger partial charge on any atom is -0.368 e. The number of nitrogens with two attached hydrogens (primary N) is 1. The largest absolute Gasteiger partial charge is 0.368 e. The van der Waals surface area contributed by atoms with Gasteiger partial charge in [0.25, 0.3) is 5.91 Å². The molecule has 0 aliphatic rings. The van der Waals surface area contributed by atoms with Crippen LogP contribution in [0.25, 0.3) is 0 Å². The summed E-state index contributed by atoms with van der Waals surface area (Å²) in [6.07, 6.45) is 1.64. The minimum absolute atomic E-state index is 0.0878. The second-order valence-corrected chi connectivity index (χ2v) is 3.77. The number of hydrogen-bond acceptors (Lipinski definition) is 2. The van der Waals surface area contributed by atoms with Crippen LogP contribution in [0.2, 0.25) is 0 Å². The fourth-order valence-corrected chi connectivity index (χ4v) is 1.35. The average molecular weight is 260 g/mol. The van der Waals surface area contributed by atoms with Gasteiger partial charge in [-0.05, 0) is 22.0 Å². The second-order valence-electron chi connectivity index (χ2n) is 2.86. The van der Waals surface area contributed by atoms with Crippen molar-refractivity contribution in [2.45, 2.75) is 0 Å². The third-order valence-electron chi connectivity index (χ3n) is 1.62. The number of hydrogen-bond donors (Lipinski definition) is 2. The number of H-pyrrole nitrogens is 1. The predicted molar refractivity (Wildman–Crippen MR) is 54.6 cm³/mol. The van der Waals surface area contributed by atoms with Crippen LogP contribution in [0.3, 0.4) is 0 Å². The van der Waals surface area contributed by atoms with Gasteiger partial charge >= 0.3 is 0 Å². The van der Waals surface area contributed by atoms with Gasteiger partial charge in [-0.25, -0.2) is 0 Å². The van der Waals surface area contributed by atoms with Gasteiger partial charge in [0, 0.05) is 17.7 Å². The van der Waals surface area contributed by atoms with Crippen molar-refractivity contribution in [2.24, 2.45) is 5.73 Å². The van der Waals surface area contributed by atoms with Crippen molar-refractivity contribution in [1.82, 2.24) is 9.88 Å². The lowest BCUT2D eigenvalue weighted by Crippen LogP contribution is -2.35. The molecule has 3 N–H and O–H groups in total. The van der Waals surface area contributed by atoms with Crippen molar-refractivity contribution in [3.8, 4) is 0 Å². The number of nitrogens with zero attached hydrogens (tertiary/aromatic N) is 1. The van der Waals surface area contributed by atoms with Crippen LogP contribution in [0.15, 0.2) is 16.7 Å². The summed E-state index contributed by atoms with van der Waals surface area (Å²) in [5.41, 5.74) is 5.38. The van der Waals surface area contributed by atoms with Gasteiger partial charge in [-0.1, -0.05) is 0 Å². The first kappa shape index (κ1) is 10.8. The Kier molecular flexibility index (Phi) is 3.29. The van der Waals surface area contributed by atoms with E-state index in [1.165, 1.54) is 11.9 Å². The van der Waals surface area contributed by atoms with E-state index < -0.39 is 5.91 Å². The molecule has 0 aliphatic heterocycles. The van der Waals surface area contributed by atoms with E-state index in [1.807, 2.05) is 0 Å². The zero-order valence-corrected chi connectivity index (χ0v) is 9.17. The van der Waals surface area contributed by atoms with Crippen LogP contribution >= 0.6 is 15.9 Å². The van der Waals surface area contributed by atoms with E-state index in [1.54, 1.807) is 12.3 Å². The molecule has 0 saturated carbocycles. The van der Waals surface area contributed by atoms with E-state index in [0.717, 1.165) is 4.47 Å². The number of carbonyl (C=O) groups is 2. The summed E-state index contributed by atoms with van der Waals surface area (Å²) in [4.78, 5) is 26.1. The highest BCUT2D eigenvalue weighted by atomic mass is 79.9. The number of halogens is 1. The zero-order chi connectivity index (χ0) is 10.7. The lowest BCUT2D eigenvalue weighted by Gasteiger charge is -2.13. The Labute approximate surface area is 89.4 Å². The molecule has 5 nitrogen and oxygen atoms in total. The summed E-state index contributed by atoms with van der Waals surface area (Å²) >= 11 is 3.21. The molecule has 0 atom stereocenters. The quantitative estimate of drug-likeness (QED) is 0.821. The number of aromatic nitrogens is 1. The first-order chi connectivity index (χ1) is 6.50. The van der Waals surface area contributed by atoms with Gasteiger partial charge in [-0.15, -0.1) is 0 Å². The second kappa shape index (κ2) is 4.28. The molecule has 6 heteroatoms. The van der Waals surface area contributed by atoms with Crippen LogP contribution in [0.4, 0.5) is 0 Å². The van der Waals surface area contributed by atoms with Crippen LogP contribution in [0.1, 0.15) is 10.5 Å². The van der Waals surface area contributed by atoms with Crippen LogP contribution in [0, 0.1) is 0 Å². The third-order valence-corrected chi connectivity index (χ3v) is 2.08. The van der Waals surface area contributed by atoms with E-state index in [-0.39, 0.29) is 12.5 Å². The van der Waals surface area contributed by atoms with Crippen molar-refractivity contribution in [3.05, 3.63) is 22.4 Å². The monoisotopic (exact) mass is 259 g/mol. The normalized spacial score (nSPS) is 9.86. The molecule has 76 valence electrons. The molecule has 1 aromatic heterocycles. The molecule has 14 heavy (non-hydrogen) atoms. The van der Waals surface area contributed by atoms with E-state index in [2.05, 4.69) is 20.9 Å². The van der Waals surface area contributed by atoms with E-state index in [4.69, 9.17) is 5.73 Å². The van der Waals surface area contributed by atoms with E-state index in [9.17, 15) is 9.59 Å². The molecule has 0 aromatic carbocycles. The Morgan fingerprint density at radius 1 is 1.64 bits per heavy atom. The lowest BCUT2D eigenvalue weighted by atomic mass is 10.3.